The van der Waals surface area contributed by atoms with Crippen LogP contribution < -0.4 is 5.32 Å². The number of carbonyl (C=O) groups excluding carboxylic acids is 1. The molecule has 1 aromatic carbocycles. The molecule has 1 amide bonds. The van der Waals surface area contributed by atoms with Gasteiger partial charge in [-0.15, -0.1) is 27.8 Å². The fourth-order valence-electron chi connectivity index (χ4n) is 4.23. The van der Waals surface area contributed by atoms with E-state index in [1.54, 1.807) is 28.0 Å². The first-order valence-electron chi connectivity index (χ1n) is 10.1. The molecular formula is C22H21FN4OS2. The highest BCUT2D eigenvalue weighted by Crippen LogP contribution is 2.43. The number of benzene rings is 1. The number of hydrogen-bond donors (Lipinski definition) is 1. The summed E-state index contributed by atoms with van der Waals surface area (Å²) >= 11 is 3.17. The van der Waals surface area contributed by atoms with Gasteiger partial charge in [-0.25, -0.2) is 8.91 Å². The van der Waals surface area contributed by atoms with Crippen LogP contribution in [0.2, 0.25) is 0 Å². The van der Waals surface area contributed by atoms with Crippen LogP contribution in [0.1, 0.15) is 36.3 Å². The number of rotatable bonds is 6. The minimum atomic E-state index is -0.365. The molecule has 1 saturated carbocycles. The molecule has 30 heavy (non-hydrogen) atoms. The fourth-order valence-corrected chi connectivity index (χ4v) is 6.07. The summed E-state index contributed by atoms with van der Waals surface area (Å²) in [6, 6.07) is 10.4. The number of thiazole rings is 1. The molecule has 0 atom stereocenters. The Labute approximate surface area is 181 Å². The molecule has 4 aromatic rings. The van der Waals surface area contributed by atoms with Gasteiger partial charge in [-0.05, 0) is 36.4 Å². The molecule has 0 saturated heterocycles. The highest BCUT2D eigenvalue weighted by atomic mass is 32.1. The SMILES string of the molecule is O=C(NCCc1csc2nc(-c3cccc(F)c3)nn12)C1(c2cccs2)CCCC1. The standard InChI is InChI=1S/C22H21FN4OS2/c23-16-6-3-5-15(13-16)19-25-21-27(26-19)17(14-30-21)8-11-24-20(28)22(9-1-2-10-22)18-7-4-12-29-18/h3-7,12-14H,1-2,8-11H2,(H,24,28). The molecule has 5 rings (SSSR count). The summed E-state index contributed by atoms with van der Waals surface area (Å²) in [5.74, 6) is 0.336. The second-order valence-electron chi connectivity index (χ2n) is 7.64. The predicted molar refractivity (Wildman–Crippen MR) is 117 cm³/mol. The molecule has 3 aromatic heterocycles. The number of hydrogen-bond acceptors (Lipinski definition) is 5. The van der Waals surface area contributed by atoms with Gasteiger partial charge in [-0.3, -0.25) is 4.79 Å². The number of thiophene rings is 1. The lowest BCUT2D eigenvalue weighted by atomic mass is 9.83. The summed E-state index contributed by atoms with van der Waals surface area (Å²) in [6.45, 7) is 0.549. The third-order valence-electron chi connectivity index (χ3n) is 5.78. The van der Waals surface area contributed by atoms with E-state index < -0.39 is 0 Å². The second kappa shape index (κ2) is 7.92. The Morgan fingerprint density at radius 3 is 2.83 bits per heavy atom. The number of carbonyl (C=O) groups is 1. The van der Waals surface area contributed by atoms with E-state index in [1.807, 2.05) is 16.8 Å². The molecule has 3 heterocycles. The van der Waals surface area contributed by atoms with Crippen LogP contribution in [0.5, 0.6) is 0 Å². The zero-order valence-electron chi connectivity index (χ0n) is 16.3. The summed E-state index contributed by atoms with van der Waals surface area (Å²) in [5.41, 5.74) is 1.28. The van der Waals surface area contributed by atoms with Crippen molar-refractivity contribution in [2.45, 2.75) is 37.5 Å². The van der Waals surface area contributed by atoms with Crippen molar-refractivity contribution < 1.29 is 9.18 Å². The number of halogens is 1. The van der Waals surface area contributed by atoms with Crippen LogP contribution in [0.15, 0.2) is 47.2 Å². The molecule has 1 aliphatic carbocycles. The first-order valence-corrected chi connectivity index (χ1v) is 11.8. The van der Waals surface area contributed by atoms with E-state index in [0.29, 0.717) is 24.4 Å². The normalized spacial score (nSPS) is 15.6. The number of fused-ring (bicyclic) bond motifs is 1. The number of amides is 1. The maximum absolute atomic E-state index is 13.5. The number of nitrogens with one attached hydrogen (secondary N) is 1. The van der Waals surface area contributed by atoms with E-state index in [-0.39, 0.29) is 17.1 Å². The van der Waals surface area contributed by atoms with Crippen LogP contribution in [-0.2, 0) is 16.6 Å². The monoisotopic (exact) mass is 440 g/mol. The summed E-state index contributed by atoms with van der Waals surface area (Å²) in [5, 5.41) is 11.8. The van der Waals surface area contributed by atoms with Crippen LogP contribution in [-0.4, -0.2) is 27.0 Å². The van der Waals surface area contributed by atoms with Crippen molar-refractivity contribution in [3.63, 3.8) is 0 Å². The van der Waals surface area contributed by atoms with Crippen molar-refractivity contribution in [1.82, 2.24) is 19.9 Å². The van der Waals surface area contributed by atoms with Gasteiger partial charge >= 0.3 is 0 Å². The van der Waals surface area contributed by atoms with Crippen LogP contribution in [0, 0.1) is 5.82 Å². The van der Waals surface area contributed by atoms with Crippen molar-refractivity contribution in [3.05, 3.63) is 63.5 Å². The summed E-state index contributed by atoms with van der Waals surface area (Å²) in [7, 11) is 0. The Morgan fingerprint density at radius 2 is 2.07 bits per heavy atom. The molecule has 154 valence electrons. The zero-order valence-corrected chi connectivity index (χ0v) is 17.9. The largest absolute Gasteiger partial charge is 0.355 e. The molecule has 0 radical (unpaired) electrons. The van der Waals surface area contributed by atoms with Gasteiger partial charge in [0.2, 0.25) is 10.9 Å². The zero-order chi connectivity index (χ0) is 20.6. The van der Waals surface area contributed by atoms with Crippen molar-refractivity contribution in [3.8, 4) is 11.4 Å². The van der Waals surface area contributed by atoms with Crippen molar-refractivity contribution in [2.24, 2.45) is 0 Å². The molecule has 1 aliphatic rings. The second-order valence-corrected chi connectivity index (χ2v) is 9.42. The molecule has 0 bridgehead atoms. The van der Waals surface area contributed by atoms with Gasteiger partial charge in [0.25, 0.3) is 0 Å². The average molecular weight is 441 g/mol. The minimum Gasteiger partial charge on any atom is -0.355 e. The fraction of sp³-hybridized carbons (Fsp3) is 0.318. The third kappa shape index (κ3) is 3.44. The van der Waals surface area contributed by atoms with Crippen LogP contribution in [0.3, 0.4) is 0 Å². The average Bonchev–Trinajstić information content (AvgIpc) is 3.52. The van der Waals surface area contributed by atoms with Crippen molar-refractivity contribution in [2.75, 3.05) is 6.54 Å². The predicted octanol–water partition coefficient (Wildman–Crippen LogP) is 4.83. The van der Waals surface area contributed by atoms with Crippen LogP contribution >= 0.6 is 22.7 Å². The van der Waals surface area contributed by atoms with Crippen LogP contribution in [0.25, 0.3) is 16.3 Å². The van der Waals surface area contributed by atoms with Crippen molar-refractivity contribution in [1.29, 1.82) is 0 Å². The molecule has 0 aliphatic heterocycles. The quantitative estimate of drug-likeness (QED) is 0.467. The van der Waals surface area contributed by atoms with E-state index in [2.05, 4.69) is 21.5 Å². The number of nitrogens with zero attached hydrogens (tertiary/aromatic N) is 3. The lowest BCUT2D eigenvalue weighted by molar-refractivity contribution is -0.126. The molecule has 8 heteroatoms. The van der Waals surface area contributed by atoms with E-state index >= 15 is 0 Å². The Balaban J connectivity index is 1.29. The Morgan fingerprint density at radius 1 is 1.20 bits per heavy atom. The van der Waals surface area contributed by atoms with Gasteiger partial charge in [0.05, 0.1) is 11.1 Å². The van der Waals surface area contributed by atoms with Gasteiger partial charge in [-0.1, -0.05) is 31.0 Å². The highest BCUT2D eigenvalue weighted by molar-refractivity contribution is 7.15. The maximum Gasteiger partial charge on any atom is 0.231 e. The lowest BCUT2D eigenvalue weighted by Gasteiger charge is -2.26. The van der Waals surface area contributed by atoms with E-state index in [1.165, 1.54) is 28.3 Å². The lowest BCUT2D eigenvalue weighted by Crippen LogP contribution is -2.42. The number of aromatic nitrogens is 3. The Kier molecular flexibility index (Phi) is 5.12. The van der Waals surface area contributed by atoms with Crippen LogP contribution in [0.4, 0.5) is 4.39 Å². The van der Waals surface area contributed by atoms with Gasteiger partial charge in [0.15, 0.2) is 5.82 Å². The maximum atomic E-state index is 13.5. The van der Waals surface area contributed by atoms with E-state index in [4.69, 9.17) is 0 Å². The molecule has 0 unspecified atom stereocenters. The topological polar surface area (TPSA) is 59.3 Å². The Hall–Kier alpha value is -2.58. The Bertz CT molecular complexity index is 1180. The third-order valence-corrected chi connectivity index (χ3v) is 7.72. The molecule has 1 fully saturated rings. The minimum absolute atomic E-state index is 0.132. The van der Waals surface area contributed by atoms with E-state index in [9.17, 15) is 9.18 Å². The smallest absolute Gasteiger partial charge is 0.231 e. The summed E-state index contributed by atoms with van der Waals surface area (Å²) in [4.78, 5) is 19.6. The summed E-state index contributed by atoms with van der Waals surface area (Å²) in [6.07, 6.45) is 4.69. The van der Waals surface area contributed by atoms with E-state index in [0.717, 1.165) is 36.3 Å². The molecular weight excluding hydrogens is 419 g/mol. The molecule has 0 spiro atoms. The molecule has 1 N–H and O–H groups in total. The van der Waals surface area contributed by atoms with Gasteiger partial charge in [-0.2, -0.15) is 4.98 Å². The first-order chi connectivity index (χ1) is 14.7. The van der Waals surface area contributed by atoms with Gasteiger partial charge < -0.3 is 5.32 Å². The van der Waals surface area contributed by atoms with Crippen molar-refractivity contribution >= 4 is 33.5 Å². The summed E-state index contributed by atoms with van der Waals surface area (Å²) < 4.78 is 15.3. The highest BCUT2D eigenvalue weighted by Gasteiger charge is 2.43. The van der Waals surface area contributed by atoms with Gasteiger partial charge in [0.1, 0.15) is 5.82 Å². The molecule has 5 nitrogen and oxygen atoms in total. The first kappa shape index (κ1) is 19.4. The van der Waals surface area contributed by atoms with Gasteiger partial charge in [0, 0.05) is 28.8 Å².